The summed E-state index contributed by atoms with van der Waals surface area (Å²) >= 11 is 12.0. The van der Waals surface area contributed by atoms with Crippen molar-refractivity contribution in [3.8, 4) is 0 Å². The fourth-order valence-electron chi connectivity index (χ4n) is 4.94. The molecule has 2 aliphatic heterocycles. The summed E-state index contributed by atoms with van der Waals surface area (Å²) in [4.78, 5) is 31.5. The van der Waals surface area contributed by atoms with Crippen LogP contribution in [0.15, 0.2) is 24.3 Å². The number of benzene rings is 1. The van der Waals surface area contributed by atoms with Crippen molar-refractivity contribution in [3.05, 3.63) is 39.9 Å². The van der Waals surface area contributed by atoms with Gasteiger partial charge in [0, 0.05) is 57.7 Å². The van der Waals surface area contributed by atoms with E-state index in [0.29, 0.717) is 36.1 Å². The predicted octanol–water partition coefficient (Wildman–Crippen LogP) is 4.60. The lowest BCUT2D eigenvalue weighted by atomic mass is 9.82. The van der Waals surface area contributed by atoms with E-state index in [0.717, 1.165) is 51.2 Å². The maximum absolute atomic E-state index is 12.7. The van der Waals surface area contributed by atoms with Crippen molar-refractivity contribution in [2.45, 2.75) is 39.0 Å². The Hall–Kier alpha value is -1.60. The molecule has 0 N–H and O–H groups in total. The van der Waals surface area contributed by atoms with Gasteiger partial charge in [-0.25, -0.2) is 0 Å². The number of rotatable bonds is 9. The van der Waals surface area contributed by atoms with Crippen LogP contribution >= 0.6 is 23.2 Å². The summed E-state index contributed by atoms with van der Waals surface area (Å²) < 4.78 is 5.42. The number of halogens is 2. The van der Waals surface area contributed by atoms with E-state index in [-0.39, 0.29) is 17.2 Å². The Bertz CT molecular complexity index is 875. The van der Waals surface area contributed by atoms with Crippen LogP contribution in [-0.2, 0) is 14.3 Å². The largest absolute Gasteiger partial charge is 0.384 e. The number of hydrogen-bond acceptors (Lipinski definition) is 4. The monoisotopic (exact) mass is 509 g/mol. The molecule has 2 fully saturated rings. The van der Waals surface area contributed by atoms with Crippen molar-refractivity contribution in [2.24, 2.45) is 5.41 Å². The number of methoxy groups -OCH3 is 1. The van der Waals surface area contributed by atoms with Gasteiger partial charge in [-0.3, -0.25) is 9.59 Å². The van der Waals surface area contributed by atoms with E-state index in [1.54, 1.807) is 30.2 Å². The molecule has 1 unspecified atom stereocenters. The molecule has 3 rings (SSSR count). The smallest absolute Gasteiger partial charge is 0.246 e. The number of amides is 2. The van der Waals surface area contributed by atoms with E-state index in [2.05, 4.69) is 11.8 Å². The zero-order chi connectivity index (χ0) is 24.6. The summed E-state index contributed by atoms with van der Waals surface area (Å²) in [5.41, 5.74) is 1.06. The molecule has 0 spiro atoms. The van der Waals surface area contributed by atoms with Crippen LogP contribution in [0.25, 0.3) is 6.08 Å². The van der Waals surface area contributed by atoms with E-state index in [9.17, 15) is 9.59 Å². The van der Waals surface area contributed by atoms with Gasteiger partial charge in [-0.1, -0.05) is 36.2 Å². The summed E-state index contributed by atoms with van der Waals surface area (Å²) in [6, 6.07) is 5.25. The molecule has 0 aliphatic carbocycles. The summed E-state index contributed by atoms with van der Waals surface area (Å²) in [6.45, 7) is 8.75. The third kappa shape index (κ3) is 7.98. The molecule has 0 aromatic heterocycles. The Morgan fingerprint density at radius 2 is 1.91 bits per heavy atom. The molecule has 34 heavy (non-hydrogen) atoms. The maximum atomic E-state index is 12.7. The van der Waals surface area contributed by atoms with E-state index >= 15 is 0 Å². The van der Waals surface area contributed by atoms with Crippen LogP contribution < -0.4 is 0 Å². The van der Waals surface area contributed by atoms with Crippen LogP contribution in [0.4, 0.5) is 0 Å². The topological polar surface area (TPSA) is 53.1 Å². The number of nitrogens with zero attached hydrogens (tertiary/aromatic N) is 3. The van der Waals surface area contributed by atoms with E-state index < -0.39 is 0 Å². The zero-order valence-corrected chi connectivity index (χ0v) is 21.9. The molecule has 8 heteroatoms. The van der Waals surface area contributed by atoms with Gasteiger partial charge in [0.15, 0.2) is 0 Å². The number of piperidine rings is 1. The third-order valence-electron chi connectivity index (χ3n) is 6.77. The second-order valence-corrected chi connectivity index (χ2v) is 10.6. The molecule has 2 amide bonds. The quantitative estimate of drug-likeness (QED) is 0.360. The predicted molar refractivity (Wildman–Crippen MR) is 138 cm³/mol. The summed E-state index contributed by atoms with van der Waals surface area (Å²) in [5, 5.41) is 0.938. The Morgan fingerprint density at radius 1 is 1.12 bits per heavy atom. The van der Waals surface area contributed by atoms with Gasteiger partial charge in [-0.15, -0.1) is 0 Å². The number of ether oxygens (including phenoxy) is 1. The zero-order valence-electron chi connectivity index (χ0n) is 20.4. The van der Waals surface area contributed by atoms with E-state index in [1.165, 1.54) is 18.9 Å². The first-order chi connectivity index (χ1) is 16.3. The van der Waals surface area contributed by atoms with Crippen molar-refractivity contribution in [1.82, 2.24) is 14.7 Å². The normalized spacial score (nSPS) is 22.4. The number of hydrogen-bond donors (Lipinski definition) is 0. The average molecular weight is 511 g/mol. The van der Waals surface area contributed by atoms with Gasteiger partial charge in [0.05, 0.1) is 16.7 Å². The minimum Gasteiger partial charge on any atom is -0.384 e. The lowest BCUT2D eigenvalue weighted by Crippen LogP contribution is -2.44. The van der Waals surface area contributed by atoms with Crippen molar-refractivity contribution in [3.63, 3.8) is 0 Å². The second kappa shape index (κ2) is 12.9. The third-order valence-corrected chi connectivity index (χ3v) is 7.51. The van der Waals surface area contributed by atoms with Crippen LogP contribution in [-0.4, -0.2) is 86.0 Å². The van der Waals surface area contributed by atoms with Gasteiger partial charge in [-0.05, 0) is 62.5 Å². The van der Waals surface area contributed by atoms with Crippen LogP contribution in [0.3, 0.4) is 0 Å². The molecule has 6 nitrogen and oxygen atoms in total. The number of carbonyl (C=O) groups excluding carboxylic acids is 2. The molecule has 188 valence electrons. The van der Waals surface area contributed by atoms with Gasteiger partial charge in [0.2, 0.25) is 11.8 Å². The van der Waals surface area contributed by atoms with E-state index in [1.807, 2.05) is 11.0 Å². The SMILES string of the molecule is COCC1(C)CCCN(CCCCN2CCN(C(=O)C=Cc3ccc(Cl)c(Cl)c3)CCC2=O)C1. The summed E-state index contributed by atoms with van der Waals surface area (Å²) in [7, 11) is 1.78. The maximum Gasteiger partial charge on any atom is 0.246 e. The standard InChI is InChI=1S/C26H37Cl2N3O3/c1-26(20-34-2)11-5-13-29(19-26)12-3-4-14-30-16-17-31(15-10-25(30)33)24(32)9-7-21-6-8-22(27)23(28)18-21/h6-9,18H,3-5,10-17,19-20H2,1-2H3. The van der Waals surface area contributed by atoms with Gasteiger partial charge in [0.25, 0.3) is 0 Å². The Labute approximate surface area is 213 Å². The first-order valence-corrected chi connectivity index (χ1v) is 13.0. The fourth-order valence-corrected chi connectivity index (χ4v) is 5.24. The lowest BCUT2D eigenvalue weighted by molar-refractivity contribution is -0.130. The summed E-state index contributed by atoms with van der Waals surface area (Å²) in [6.07, 6.45) is 8.12. The van der Waals surface area contributed by atoms with Crippen LogP contribution in [0.5, 0.6) is 0 Å². The highest BCUT2D eigenvalue weighted by molar-refractivity contribution is 6.42. The molecule has 0 radical (unpaired) electrons. The number of carbonyl (C=O) groups is 2. The van der Waals surface area contributed by atoms with Gasteiger partial charge < -0.3 is 19.4 Å². The van der Waals surface area contributed by atoms with Crippen LogP contribution in [0.1, 0.15) is 44.6 Å². The minimum absolute atomic E-state index is 0.0927. The Balaban J connectivity index is 1.41. The fraction of sp³-hybridized carbons (Fsp3) is 0.615. The molecule has 0 bridgehead atoms. The minimum atomic E-state index is -0.0927. The number of unbranched alkanes of at least 4 members (excludes halogenated alkanes) is 1. The molecular formula is C26H37Cl2N3O3. The first kappa shape index (κ1) is 27.0. The first-order valence-electron chi connectivity index (χ1n) is 12.2. The molecule has 1 aromatic rings. The second-order valence-electron chi connectivity index (χ2n) is 9.79. The Kier molecular flexibility index (Phi) is 10.3. The molecular weight excluding hydrogens is 473 g/mol. The lowest BCUT2D eigenvalue weighted by Gasteiger charge is -2.40. The van der Waals surface area contributed by atoms with Crippen molar-refractivity contribution in [1.29, 1.82) is 0 Å². The van der Waals surface area contributed by atoms with Crippen LogP contribution in [0.2, 0.25) is 10.0 Å². The van der Waals surface area contributed by atoms with Crippen molar-refractivity contribution in [2.75, 3.05) is 59.5 Å². The highest BCUT2D eigenvalue weighted by Gasteiger charge is 2.30. The molecule has 2 heterocycles. The highest BCUT2D eigenvalue weighted by atomic mass is 35.5. The van der Waals surface area contributed by atoms with Gasteiger partial charge >= 0.3 is 0 Å². The van der Waals surface area contributed by atoms with E-state index in [4.69, 9.17) is 27.9 Å². The molecule has 2 aliphatic rings. The summed E-state index contributed by atoms with van der Waals surface area (Å²) in [5.74, 6) is 0.0410. The van der Waals surface area contributed by atoms with Crippen LogP contribution in [0, 0.1) is 5.41 Å². The molecule has 1 atom stereocenters. The van der Waals surface area contributed by atoms with Gasteiger partial charge in [-0.2, -0.15) is 0 Å². The Morgan fingerprint density at radius 3 is 2.68 bits per heavy atom. The number of likely N-dealkylation sites (tertiary alicyclic amines) is 1. The highest BCUT2D eigenvalue weighted by Crippen LogP contribution is 2.29. The van der Waals surface area contributed by atoms with Gasteiger partial charge in [0.1, 0.15) is 0 Å². The molecule has 2 saturated heterocycles. The van der Waals surface area contributed by atoms with Crippen molar-refractivity contribution >= 4 is 41.1 Å². The average Bonchev–Trinajstić information content (AvgIpc) is 2.99. The van der Waals surface area contributed by atoms with Crippen molar-refractivity contribution < 1.29 is 14.3 Å². The molecule has 0 saturated carbocycles. The molecule has 1 aromatic carbocycles.